The summed E-state index contributed by atoms with van der Waals surface area (Å²) in [6.45, 7) is 1.93. The molecule has 2 aromatic rings. The number of hydrogen-bond donors (Lipinski definition) is 1. The molecule has 0 unspecified atom stereocenters. The lowest BCUT2D eigenvalue weighted by Crippen LogP contribution is -2.35. The highest BCUT2D eigenvalue weighted by Crippen LogP contribution is 2.16. The highest BCUT2D eigenvalue weighted by molar-refractivity contribution is 5.80. The molecule has 88 valence electrons. The summed E-state index contributed by atoms with van der Waals surface area (Å²) in [4.78, 5) is 12.3. The first-order chi connectivity index (χ1) is 8.36. The summed E-state index contributed by atoms with van der Waals surface area (Å²) in [6.07, 6.45) is 3.75. The fourth-order valence-corrected chi connectivity index (χ4v) is 2.42. The predicted octanol–water partition coefficient (Wildman–Crippen LogP) is 1.32. The normalized spacial score (nSPS) is 17.4. The van der Waals surface area contributed by atoms with E-state index >= 15 is 0 Å². The van der Waals surface area contributed by atoms with Crippen molar-refractivity contribution in [2.75, 3.05) is 13.1 Å². The van der Waals surface area contributed by atoms with E-state index in [4.69, 9.17) is 0 Å². The van der Waals surface area contributed by atoms with Gasteiger partial charge in [-0.05, 0) is 32.0 Å². The quantitative estimate of drug-likeness (QED) is 0.802. The van der Waals surface area contributed by atoms with Gasteiger partial charge in [-0.3, -0.25) is 4.79 Å². The van der Waals surface area contributed by atoms with Crippen LogP contribution in [-0.2, 0) is 0 Å². The van der Waals surface area contributed by atoms with Gasteiger partial charge in [0.2, 0.25) is 0 Å². The fourth-order valence-electron chi connectivity index (χ4n) is 2.42. The van der Waals surface area contributed by atoms with E-state index in [-0.39, 0.29) is 11.6 Å². The minimum Gasteiger partial charge on any atom is -0.317 e. The van der Waals surface area contributed by atoms with Gasteiger partial charge in [0.05, 0.1) is 17.6 Å². The van der Waals surface area contributed by atoms with Crippen LogP contribution in [0.25, 0.3) is 10.8 Å². The van der Waals surface area contributed by atoms with Crippen molar-refractivity contribution in [2.24, 2.45) is 0 Å². The van der Waals surface area contributed by atoms with E-state index in [9.17, 15) is 4.79 Å². The van der Waals surface area contributed by atoms with Gasteiger partial charge in [-0.15, -0.1) is 0 Å². The van der Waals surface area contributed by atoms with Crippen LogP contribution in [0.2, 0.25) is 0 Å². The first-order valence-corrected chi connectivity index (χ1v) is 6.03. The first kappa shape index (κ1) is 10.5. The number of nitrogens with one attached hydrogen (secondary N) is 1. The van der Waals surface area contributed by atoms with E-state index in [0.29, 0.717) is 0 Å². The molecule has 0 bridgehead atoms. The summed E-state index contributed by atoms with van der Waals surface area (Å²) in [6, 6.07) is 7.87. The molecule has 0 aliphatic carbocycles. The maximum atomic E-state index is 12.3. The molecule has 1 saturated heterocycles. The molecule has 1 aromatic carbocycles. The van der Waals surface area contributed by atoms with Crippen molar-refractivity contribution in [3.8, 4) is 0 Å². The molecule has 1 aliphatic heterocycles. The van der Waals surface area contributed by atoms with E-state index in [1.807, 2.05) is 24.3 Å². The van der Waals surface area contributed by atoms with Gasteiger partial charge in [0.1, 0.15) is 0 Å². The maximum absolute atomic E-state index is 12.3. The molecule has 4 nitrogen and oxygen atoms in total. The first-order valence-electron chi connectivity index (χ1n) is 6.03. The lowest BCUT2D eigenvalue weighted by atomic mass is 10.1. The van der Waals surface area contributed by atoms with Crippen LogP contribution in [0, 0.1) is 0 Å². The number of aromatic nitrogens is 2. The SMILES string of the molecule is O=c1c2ccccc2cnn1C1CCNCC1. The average Bonchev–Trinajstić information content (AvgIpc) is 2.40. The highest BCUT2D eigenvalue weighted by atomic mass is 16.1. The maximum Gasteiger partial charge on any atom is 0.274 e. The monoisotopic (exact) mass is 229 g/mol. The van der Waals surface area contributed by atoms with Crippen LogP contribution in [0.4, 0.5) is 0 Å². The Hall–Kier alpha value is -1.68. The Balaban J connectivity index is 2.11. The zero-order valence-electron chi connectivity index (χ0n) is 9.60. The molecule has 0 atom stereocenters. The van der Waals surface area contributed by atoms with E-state index in [0.717, 1.165) is 36.7 Å². The Labute approximate surface area is 99.3 Å². The zero-order valence-corrected chi connectivity index (χ0v) is 9.60. The molecule has 2 heterocycles. The molecular weight excluding hydrogens is 214 g/mol. The number of benzene rings is 1. The van der Waals surface area contributed by atoms with Crippen molar-refractivity contribution < 1.29 is 0 Å². The van der Waals surface area contributed by atoms with Crippen molar-refractivity contribution in [1.29, 1.82) is 0 Å². The van der Waals surface area contributed by atoms with Gasteiger partial charge in [0.15, 0.2) is 0 Å². The van der Waals surface area contributed by atoms with Crippen molar-refractivity contribution in [3.63, 3.8) is 0 Å². The Bertz CT molecular complexity index is 584. The molecule has 4 heteroatoms. The van der Waals surface area contributed by atoms with E-state index in [1.54, 1.807) is 10.9 Å². The summed E-state index contributed by atoms with van der Waals surface area (Å²) < 4.78 is 1.66. The Kier molecular flexibility index (Phi) is 2.65. The molecule has 0 radical (unpaired) electrons. The average molecular weight is 229 g/mol. The van der Waals surface area contributed by atoms with Crippen LogP contribution in [0.3, 0.4) is 0 Å². The number of hydrogen-bond acceptors (Lipinski definition) is 3. The van der Waals surface area contributed by atoms with Crippen molar-refractivity contribution >= 4 is 10.8 Å². The van der Waals surface area contributed by atoms with Crippen molar-refractivity contribution in [2.45, 2.75) is 18.9 Å². The molecule has 1 aromatic heterocycles. The predicted molar refractivity (Wildman–Crippen MR) is 67.1 cm³/mol. The Morgan fingerprint density at radius 1 is 1.24 bits per heavy atom. The molecule has 0 spiro atoms. The largest absolute Gasteiger partial charge is 0.317 e. The van der Waals surface area contributed by atoms with Gasteiger partial charge in [-0.2, -0.15) is 5.10 Å². The third-order valence-electron chi connectivity index (χ3n) is 3.38. The van der Waals surface area contributed by atoms with Crippen LogP contribution in [0.15, 0.2) is 35.3 Å². The smallest absolute Gasteiger partial charge is 0.274 e. The van der Waals surface area contributed by atoms with Gasteiger partial charge in [0, 0.05) is 5.39 Å². The third-order valence-corrected chi connectivity index (χ3v) is 3.38. The molecule has 0 amide bonds. The minimum absolute atomic E-state index is 0.0370. The summed E-state index contributed by atoms with van der Waals surface area (Å²) in [5.74, 6) is 0. The number of fused-ring (bicyclic) bond motifs is 1. The van der Waals surface area contributed by atoms with Gasteiger partial charge in [-0.1, -0.05) is 18.2 Å². The second-order valence-corrected chi connectivity index (χ2v) is 4.46. The Morgan fingerprint density at radius 3 is 2.82 bits per heavy atom. The molecule has 1 aliphatic rings. The standard InChI is InChI=1S/C13H15N3O/c17-13-12-4-2-1-3-10(12)9-15-16(13)11-5-7-14-8-6-11/h1-4,9,11,14H,5-8H2. The van der Waals surface area contributed by atoms with Gasteiger partial charge >= 0.3 is 0 Å². The van der Waals surface area contributed by atoms with Crippen LogP contribution in [-0.4, -0.2) is 22.9 Å². The lowest BCUT2D eigenvalue weighted by molar-refractivity contribution is 0.333. The molecular formula is C13H15N3O. The summed E-state index contributed by atoms with van der Waals surface area (Å²) in [5.41, 5.74) is 0.0370. The Morgan fingerprint density at radius 2 is 2.00 bits per heavy atom. The topological polar surface area (TPSA) is 46.9 Å². The number of piperidine rings is 1. The molecule has 0 saturated carbocycles. The van der Waals surface area contributed by atoms with Crippen LogP contribution < -0.4 is 10.9 Å². The summed E-state index contributed by atoms with van der Waals surface area (Å²) >= 11 is 0. The third kappa shape index (κ3) is 1.85. The van der Waals surface area contributed by atoms with E-state index in [2.05, 4.69) is 10.4 Å². The molecule has 3 rings (SSSR count). The summed E-state index contributed by atoms with van der Waals surface area (Å²) in [7, 11) is 0. The number of rotatable bonds is 1. The van der Waals surface area contributed by atoms with E-state index in [1.165, 1.54) is 0 Å². The van der Waals surface area contributed by atoms with Crippen molar-refractivity contribution in [1.82, 2.24) is 15.1 Å². The summed E-state index contributed by atoms with van der Waals surface area (Å²) in [5, 5.41) is 9.29. The van der Waals surface area contributed by atoms with E-state index < -0.39 is 0 Å². The van der Waals surface area contributed by atoms with Crippen molar-refractivity contribution in [3.05, 3.63) is 40.8 Å². The highest BCUT2D eigenvalue weighted by Gasteiger charge is 2.17. The molecule has 1 N–H and O–H groups in total. The second kappa shape index (κ2) is 4.30. The zero-order chi connectivity index (χ0) is 11.7. The van der Waals surface area contributed by atoms with Crippen LogP contribution in [0.1, 0.15) is 18.9 Å². The van der Waals surface area contributed by atoms with Crippen LogP contribution in [0.5, 0.6) is 0 Å². The lowest BCUT2D eigenvalue weighted by Gasteiger charge is -2.23. The van der Waals surface area contributed by atoms with Gasteiger partial charge in [0.25, 0.3) is 5.56 Å². The van der Waals surface area contributed by atoms with Gasteiger partial charge < -0.3 is 5.32 Å². The minimum atomic E-state index is 0.0370. The molecule has 1 fully saturated rings. The van der Waals surface area contributed by atoms with Crippen LogP contribution >= 0.6 is 0 Å². The van der Waals surface area contributed by atoms with Gasteiger partial charge in [-0.25, -0.2) is 4.68 Å². The fraction of sp³-hybridized carbons (Fsp3) is 0.385. The second-order valence-electron chi connectivity index (χ2n) is 4.46. The number of nitrogens with zero attached hydrogens (tertiary/aromatic N) is 2. The molecule has 17 heavy (non-hydrogen) atoms.